The first-order valence-electron chi connectivity index (χ1n) is 9.22. The van der Waals surface area contributed by atoms with E-state index in [1.165, 1.54) is 0 Å². The van der Waals surface area contributed by atoms with E-state index in [-0.39, 0.29) is 11.9 Å². The van der Waals surface area contributed by atoms with Crippen molar-refractivity contribution >= 4 is 33.2 Å². The van der Waals surface area contributed by atoms with E-state index in [0.29, 0.717) is 6.54 Å². The minimum absolute atomic E-state index is 0.0105. The van der Waals surface area contributed by atoms with Crippen LogP contribution in [0.5, 0.6) is 0 Å². The van der Waals surface area contributed by atoms with Gasteiger partial charge < -0.3 is 15.0 Å². The van der Waals surface area contributed by atoms with Gasteiger partial charge >= 0.3 is 0 Å². The van der Waals surface area contributed by atoms with Crippen molar-refractivity contribution in [1.29, 1.82) is 0 Å². The van der Waals surface area contributed by atoms with E-state index in [9.17, 15) is 4.79 Å². The predicted molar refractivity (Wildman–Crippen MR) is 113 cm³/mol. The molecule has 1 unspecified atom stereocenters. The highest BCUT2D eigenvalue weighted by Gasteiger charge is 2.19. The molecule has 5 nitrogen and oxygen atoms in total. The summed E-state index contributed by atoms with van der Waals surface area (Å²) in [4.78, 5) is 17.0. The van der Waals surface area contributed by atoms with Crippen LogP contribution in [-0.4, -0.2) is 50.2 Å². The molecule has 2 aromatic carbocycles. The van der Waals surface area contributed by atoms with Gasteiger partial charge in [0, 0.05) is 35.5 Å². The zero-order valence-electron chi connectivity index (χ0n) is 15.8. The minimum Gasteiger partial charge on any atom is -0.378 e. The number of nitrogens with one attached hydrogen (secondary N) is 1. The second kappa shape index (κ2) is 9.35. The molecule has 1 amide bonds. The maximum Gasteiger partial charge on any atom is 0.241 e. The van der Waals surface area contributed by atoms with Gasteiger partial charge in [-0.1, -0.05) is 34.1 Å². The Labute approximate surface area is 169 Å². The summed E-state index contributed by atoms with van der Waals surface area (Å²) in [5.74, 6) is -0.0105. The van der Waals surface area contributed by atoms with Crippen molar-refractivity contribution in [2.45, 2.75) is 19.5 Å². The Balaban J connectivity index is 1.56. The Morgan fingerprint density at radius 3 is 2.52 bits per heavy atom. The lowest BCUT2D eigenvalue weighted by atomic mass is 10.2. The second-order valence-electron chi connectivity index (χ2n) is 6.82. The molecule has 0 bridgehead atoms. The molecule has 3 rings (SSSR count). The predicted octanol–water partition coefficient (Wildman–Crippen LogP) is 3.74. The van der Waals surface area contributed by atoms with E-state index >= 15 is 0 Å². The van der Waals surface area contributed by atoms with Crippen LogP contribution < -0.4 is 10.2 Å². The number of anilines is 2. The van der Waals surface area contributed by atoms with Crippen molar-refractivity contribution in [1.82, 2.24) is 4.90 Å². The molecule has 1 saturated heterocycles. The summed E-state index contributed by atoms with van der Waals surface area (Å²) in [5.41, 5.74) is 3.14. The number of hydrogen-bond acceptors (Lipinski definition) is 4. The Hall–Kier alpha value is -1.89. The number of morpholine rings is 1. The zero-order valence-corrected chi connectivity index (χ0v) is 17.4. The van der Waals surface area contributed by atoms with E-state index in [4.69, 9.17) is 4.74 Å². The first kappa shape index (κ1) is 19.9. The quantitative estimate of drug-likeness (QED) is 0.756. The third kappa shape index (κ3) is 5.31. The fourth-order valence-electron chi connectivity index (χ4n) is 3.06. The summed E-state index contributed by atoms with van der Waals surface area (Å²) in [6.45, 7) is 5.96. The average Bonchev–Trinajstić information content (AvgIpc) is 2.70. The van der Waals surface area contributed by atoms with Crippen LogP contribution in [-0.2, 0) is 16.1 Å². The van der Waals surface area contributed by atoms with Gasteiger partial charge in [-0.3, -0.25) is 9.69 Å². The molecular formula is C21H26BrN3O2. The number of amides is 1. The van der Waals surface area contributed by atoms with E-state index in [1.54, 1.807) is 0 Å². The fraction of sp³-hybridized carbons (Fsp3) is 0.381. The van der Waals surface area contributed by atoms with Crippen LogP contribution in [0.15, 0.2) is 53.0 Å². The minimum atomic E-state index is -0.240. The molecule has 27 heavy (non-hydrogen) atoms. The third-order valence-corrected chi connectivity index (χ3v) is 5.70. The van der Waals surface area contributed by atoms with Crippen LogP contribution in [0.4, 0.5) is 11.4 Å². The molecule has 0 aromatic heterocycles. The first-order chi connectivity index (χ1) is 13.0. The number of nitrogens with zero attached hydrogens (tertiary/aromatic N) is 2. The molecule has 1 heterocycles. The molecule has 2 aromatic rings. The Morgan fingerprint density at radius 1 is 1.19 bits per heavy atom. The highest BCUT2D eigenvalue weighted by Crippen LogP contribution is 2.20. The van der Waals surface area contributed by atoms with Crippen molar-refractivity contribution < 1.29 is 9.53 Å². The lowest BCUT2D eigenvalue weighted by Gasteiger charge is -2.29. The Kier molecular flexibility index (Phi) is 6.88. The molecule has 0 radical (unpaired) electrons. The van der Waals surface area contributed by atoms with Crippen molar-refractivity contribution in [3.8, 4) is 0 Å². The number of carbonyl (C=O) groups is 1. The number of ether oxygens (including phenoxy) is 1. The standard InChI is InChI=1S/C21H26BrN3O2/c1-16(24(2)15-17-5-3-4-6-20(17)22)21(26)23-18-7-9-19(10-8-18)25-11-13-27-14-12-25/h3-10,16H,11-15H2,1-2H3,(H,23,26). The van der Waals surface area contributed by atoms with Crippen molar-refractivity contribution in [3.05, 3.63) is 58.6 Å². The third-order valence-electron chi connectivity index (χ3n) is 4.93. The van der Waals surface area contributed by atoms with E-state index in [2.05, 4.69) is 44.3 Å². The van der Waals surface area contributed by atoms with Gasteiger partial charge in [0.15, 0.2) is 0 Å². The molecule has 1 N–H and O–H groups in total. The highest BCUT2D eigenvalue weighted by atomic mass is 79.9. The largest absolute Gasteiger partial charge is 0.378 e. The summed E-state index contributed by atoms with van der Waals surface area (Å²) in [5, 5.41) is 3.02. The second-order valence-corrected chi connectivity index (χ2v) is 7.67. The maximum absolute atomic E-state index is 12.6. The number of benzene rings is 2. The van der Waals surface area contributed by atoms with Crippen molar-refractivity contribution in [2.24, 2.45) is 0 Å². The molecule has 144 valence electrons. The van der Waals surface area contributed by atoms with Crippen LogP contribution in [0.1, 0.15) is 12.5 Å². The molecule has 1 atom stereocenters. The van der Waals surface area contributed by atoms with Gasteiger partial charge in [0.2, 0.25) is 5.91 Å². The van der Waals surface area contributed by atoms with Gasteiger partial charge in [0.1, 0.15) is 0 Å². The zero-order chi connectivity index (χ0) is 19.2. The lowest BCUT2D eigenvalue weighted by molar-refractivity contribution is -0.120. The van der Waals surface area contributed by atoms with Gasteiger partial charge in [-0.25, -0.2) is 0 Å². The Morgan fingerprint density at radius 2 is 1.85 bits per heavy atom. The number of likely N-dealkylation sites (N-methyl/N-ethyl adjacent to an activating group) is 1. The van der Waals surface area contributed by atoms with E-state index in [1.807, 2.05) is 49.2 Å². The summed E-state index contributed by atoms with van der Waals surface area (Å²) < 4.78 is 6.45. The molecule has 0 aliphatic carbocycles. The normalized spacial score (nSPS) is 15.6. The summed E-state index contributed by atoms with van der Waals surface area (Å²) >= 11 is 3.57. The van der Waals surface area contributed by atoms with Crippen LogP contribution in [0.2, 0.25) is 0 Å². The smallest absolute Gasteiger partial charge is 0.241 e. The first-order valence-corrected chi connectivity index (χ1v) is 10.0. The van der Waals surface area contributed by atoms with Crippen LogP contribution in [0.3, 0.4) is 0 Å². The summed E-state index contributed by atoms with van der Waals surface area (Å²) in [7, 11) is 1.96. The van der Waals surface area contributed by atoms with E-state index in [0.717, 1.165) is 47.7 Å². The summed E-state index contributed by atoms with van der Waals surface area (Å²) in [6.07, 6.45) is 0. The lowest BCUT2D eigenvalue weighted by Crippen LogP contribution is -2.39. The van der Waals surface area contributed by atoms with Crippen molar-refractivity contribution in [2.75, 3.05) is 43.6 Å². The number of halogens is 1. The van der Waals surface area contributed by atoms with Crippen LogP contribution in [0, 0.1) is 0 Å². The van der Waals surface area contributed by atoms with Gasteiger partial charge in [-0.05, 0) is 49.9 Å². The van der Waals surface area contributed by atoms with Gasteiger partial charge in [0.05, 0.1) is 19.3 Å². The highest BCUT2D eigenvalue weighted by molar-refractivity contribution is 9.10. The van der Waals surface area contributed by atoms with Crippen LogP contribution in [0.25, 0.3) is 0 Å². The number of carbonyl (C=O) groups excluding carboxylic acids is 1. The number of hydrogen-bond donors (Lipinski definition) is 1. The molecule has 1 aliphatic rings. The maximum atomic E-state index is 12.6. The van der Waals surface area contributed by atoms with Crippen LogP contribution >= 0.6 is 15.9 Å². The van der Waals surface area contributed by atoms with E-state index < -0.39 is 0 Å². The SMILES string of the molecule is CC(C(=O)Nc1ccc(N2CCOCC2)cc1)N(C)Cc1ccccc1Br. The molecule has 1 fully saturated rings. The Bertz CT molecular complexity index is 760. The number of rotatable bonds is 6. The topological polar surface area (TPSA) is 44.8 Å². The molecule has 1 aliphatic heterocycles. The van der Waals surface area contributed by atoms with Gasteiger partial charge in [0.25, 0.3) is 0 Å². The average molecular weight is 432 g/mol. The molecule has 0 saturated carbocycles. The molecule has 6 heteroatoms. The van der Waals surface area contributed by atoms with Gasteiger partial charge in [-0.2, -0.15) is 0 Å². The molecule has 0 spiro atoms. The monoisotopic (exact) mass is 431 g/mol. The van der Waals surface area contributed by atoms with Crippen molar-refractivity contribution in [3.63, 3.8) is 0 Å². The van der Waals surface area contributed by atoms with Gasteiger partial charge in [-0.15, -0.1) is 0 Å². The summed E-state index contributed by atoms with van der Waals surface area (Å²) in [6, 6.07) is 15.9. The molecular weight excluding hydrogens is 406 g/mol. The fourth-order valence-corrected chi connectivity index (χ4v) is 3.47.